The molecule has 7 heteroatoms. The molecule has 0 saturated carbocycles. The molecule has 0 radical (unpaired) electrons. The van der Waals surface area contributed by atoms with Crippen LogP contribution < -0.4 is 10.1 Å². The van der Waals surface area contributed by atoms with E-state index >= 15 is 0 Å². The highest BCUT2D eigenvalue weighted by atomic mass is 79.9. The molecule has 1 aliphatic heterocycles. The lowest BCUT2D eigenvalue weighted by molar-refractivity contribution is -0.139. The van der Waals surface area contributed by atoms with E-state index in [1.54, 1.807) is 13.0 Å². The molecular weight excluding hydrogens is 366 g/mol. The van der Waals surface area contributed by atoms with E-state index in [9.17, 15) is 9.59 Å². The number of hydrogen-bond acceptors (Lipinski definition) is 4. The quantitative estimate of drug-likeness (QED) is 0.786. The number of carboxylic acids is 1. The fourth-order valence-electron chi connectivity index (χ4n) is 2.42. The molecule has 0 aromatic heterocycles. The summed E-state index contributed by atoms with van der Waals surface area (Å²) in [5.74, 6) is -0.667. The van der Waals surface area contributed by atoms with E-state index in [0.29, 0.717) is 11.3 Å². The molecule has 1 amide bonds. The third-order valence-corrected chi connectivity index (χ3v) is 3.89. The number of amides is 1. The van der Waals surface area contributed by atoms with Gasteiger partial charge < -0.3 is 19.9 Å². The summed E-state index contributed by atoms with van der Waals surface area (Å²) in [7, 11) is 1.46. The molecule has 1 heterocycles. The van der Waals surface area contributed by atoms with Crippen LogP contribution in [-0.4, -0.2) is 42.8 Å². The normalized spacial score (nSPS) is 15.7. The summed E-state index contributed by atoms with van der Waals surface area (Å²) in [4.78, 5) is 23.4. The van der Waals surface area contributed by atoms with Crippen LogP contribution in [0.5, 0.6) is 5.75 Å². The lowest BCUT2D eigenvalue weighted by Crippen LogP contribution is -2.51. The van der Waals surface area contributed by atoms with Crippen LogP contribution >= 0.6 is 15.9 Å². The van der Waals surface area contributed by atoms with Crippen molar-refractivity contribution in [1.82, 2.24) is 5.32 Å². The third-order valence-electron chi connectivity index (χ3n) is 3.40. The van der Waals surface area contributed by atoms with Crippen molar-refractivity contribution in [1.29, 1.82) is 0 Å². The number of benzene rings is 1. The first-order valence-electron chi connectivity index (χ1n) is 6.99. The number of hydrogen-bond donors (Lipinski definition) is 2. The Balaban J connectivity index is 2.18. The summed E-state index contributed by atoms with van der Waals surface area (Å²) in [6.07, 6.45) is 1.51. The van der Waals surface area contributed by atoms with Gasteiger partial charge in [-0.1, -0.05) is 15.9 Å². The van der Waals surface area contributed by atoms with Crippen molar-refractivity contribution in [2.45, 2.75) is 18.9 Å². The number of carbonyl (C=O) groups is 2. The van der Waals surface area contributed by atoms with E-state index in [4.69, 9.17) is 14.6 Å². The Morgan fingerprint density at radius 1 is 1.48 bits per heavy atom. The number of carboxylic acid groups (broad SMARTS) is 1. The predicted molar refractivity (Wildman–Crippen MR) is 88.3 cm³/mol. The summed E-state index contributed by atoms with van der Waals surface area (Å²) < 4.78 is 11.5. The topological polar surface area (TPSA) is 84.9 Å². The summed E-state index contributed by atoms with van der Waals surface area (Å²) >= 11 is 3.38. The number of nitrogens with one attached hydrogen (secondary N) is 1. The van der Waals surface area contributed by atoms with Crippen LogP contribution in [-0.2, 0) is 14.3 Å². The molecule has 0 bridgehead atoms. The third kappa shape index (κ3) is 4.56. The van der Waals surface area contributed by atoms with Crippen LogP contribution in [0.1, 0.15) is 18.9 Å². The second-order valence-electron chi connectivity index (χ2n) is 5.66. The Morgan fingerprint density at radius 2 is 2.22 bits per heavy atom. The van der Waals surface area contributed by atoms with E-state index in [1.807, 2.05) is 18.2 Å². The van der Waals surface area contributed by atoms with Gasteiger partial charge in [0.2, 0.25) is 0 Å². The fourth-order valence-corrected chi connectivity index (χ4v) is 2.80. The molecule has 1 unspecified atom stereocenters. The van der Waals surface area contributed by atoms with Crippen molar-refractivity contribution in [3.63, 3.8) is 0 Å². The first kappa shape index (κ1) is 17.5. The smallest absolute Gasteiger partial charge is 0.305 e. The van der Waals surface area contributed by atoms with Crippen LogP contribution in [0.25, 0.3) is 6.08 Å². The molecule has 0 saturated heterocycles. The SMILES string of the molecule is COCC(C)(CC(=O)O)NC(=O)C1=Cc2cc(Br)ccc2OC1. The van der Waals surface area contributed by atoms with E-state index in [-0.39, 0.29) is 25.5 Å². The van der Waals surface area contributed by atoms with Gasteiger partial charge in [-0.15, -0.1) is 0 Å². The molecular formula is C16H18BrNO5. The van der Waals surface area contributed by atoms with Gasteiger partial charge in [-0.05, 0) is 31.2 Å². The molecule has 0 spiro atoms. The maximum absolute atomic E-state index is 12.4. The number of fused-ring (bicyclic) bond motifs is 1. The number of aliphatic carboxylic acids is 1. The maximum atomic E-state index is 12.4. The van der Waals surface area contributed by atoms with Crippen LogP contribution in [0.2, 0.25) is 0 Å². The van der Waals surface area contributed by atoms with E-state index in [1.165, 1.54) is 7.11 Å². The van der Waals surface area contributed by atoms with Crippen molar-refractivity contribution in [3.8, 4) is 5.75 Å². The number of methoxy groups -OCH3 is 1. The molecule has 0 fully saturated rings. The number of carbonyl (C=O) groups excluding carboxylic acids is 1. The van der Waals surface area contributed by atoms with E-state index in [0.717, 1.165) is 10.0 Å². The monoisotopic (exact) mass is 383 g/mol. The Kier molecular flexibility index (Phi) is 5.43. The predicted octanol–water partition coefficient (Wildman–Crippen LogP) is 2.22. The molecule has 6 nitrogen and oxygen atoms in total. The average molecular weight is 384 g/mol. The summed E-state index contributed by atoms with van der Waals surface area (Å²) in [5.41, 5.74) is 0.238. The summed E-state index contributed by atoms with van der Waals surface area (Å²) in [6, 6.07) is 5.54. The van der Waals surface area contributed by atoms with Gasteiger partial charge in [-0.2, -0.15) is 0 Å². The average Bonchev–Trinajstić information content (AvgIpc) is 2.45. The zero-order valence-corrected chi connectivity index (χ0v) is 14.5. The molecule has 124 valence electrons. The molecule has 0 aliphatic carbocycles. The van der Waals surface area contributed by atoms with Crippen molar-refractivity contribution in [3.05, 3.63) is 33.8 Å². The molecule has 23 heavy (non-hydrogen) atoms. The number of rotatable bonds is 6. The fraction of sp³-hybridized carbons (Fsp3) is 0.375. The zero-order valence-electron chi connectivity index (χ0n) is 12.9. The molecule has 1 aromatic carbocycles. The maximum Gasteiger partial charge on any atom is 0.305 e. The molecule has 2 rings (SSSR count). The van der Waals surface area contributed by atoms with Crippen LogP contribution in [0.3, 0.4) is 0 Å². The Hall–Kier alpha value is -1.86. The van der Waals surface area contributed by atoms with Gasteiger partial charge in [-0.3, -0.25) is 9.59 Å². The minimum Gasteiger partial charge on any atom is -0.488 e. The first-order chi connectivity index (χ1) is 10.8. The Bertz CT molecular complexity index is 658. The molecule has 2 N–H and O–H groups in total. The highest BCUT2D eigenvalue weighted by molar-refractivity contribution is 9.10. The second kappa shape index (κ2) is 7.14. The van der Waals surface area contributed by atoms with Crippen LogP contribution in [0.15, 0.2) is 28.2 Å². The lowest BCUT2D eigenvalue weighted by Gasteiger charge is -2.29. The highest BCUT2D eigenvalue weighted by Gasteiger charge is 2.31. The van der Waals surface area contributed by atoms with Crippen molar-refractivity contribution in [2.75, 3.05) is 20.3 Å². The molecule has 1 aromatic rings. The van der Waals surface area contributed by atoms with Crippen molar-refractivity contribution < 1.29 is 24.2 Å². The van der Waals surface area contributed by atoms with Gasteiger partial charge in [-0.25, -0.2) is 0 Å². The minimum atomic E-state index is -1.01. The number of ether oxygens (including phenoxy) is 2. The second-order valence-corrected chi connectivity index (χ2v) is 6.57. The minimum absolute atomic E-state index is 0.0985. The van der Waals surface area contributed by atoms with Crippen molar-refractivity contribution >= 4 is 33.9 Å². The largest absolute Gasteiger partial charge is 0.488 e. The van der Waals surface area contributed by atoms with Gasteiger partial charge in [0.1, 0.15) is 12.4 Å². The van der Waals surface area contributed by atoms with E-state index in [2.05, 4.69) is 21.2 Å². The van der Waals surface area contributed by atoms with Crippen molar-refractivity contribution in [2.24, 2.45) is 0 Å². The summed E-state index contributed by atoms with van der Waals surface area (Å²) in [6.45, 7) is 1.87. The number of halogens is 1. The Morgan fingerprint density at radius 3 is 2.87 bits per heavy atom. The standard InChI is InChI=1S/C16H18BrNO5/c1-16(9-22-2,7-14(19)20)18-15(21)11-5-10-6-12(17)3-4-13(10)23-8-11/h3-6H,7-9H2,1-2H3,(H,18,21)(H,19,20). The highest BCUT2D eigenvalue weighted by Crippen LogP contribution is 2.29. The lowest BCUT2D eigenvalue weighted by atomic mass is 9.97. The van der Waals surface area contributed by atoms with Crippen LogP contribution in [0, 0.1) is 0 Å². The van der Waals surface area contributed by atoms with Crippen LogP contribution in [0.4, 0.5) is 0 Å². The van der Waals surface area contributed by atoms with Gasteiger partial charge in [0.25, 0.3) is 5.91 Å². The Labute approximate surface area is 142 Å². The van der Waals surface area contributed by atoms with Gasteiger partial charge in [0.15, 0.2) is 0 Å². The first-order valence-corrected chi connectivity index (χ1v) is 7.78. The van der Waals surface area contributed by atoms with E-state index < -0.39 is 11.5 Å². The van der Waals surface area contributed by atoms with Gasteiger partial charge in [0, 0.05) is 17.1 Å². The molecule has 1 aliphatic rings. The van der Waals surface area contributed by atoms with Gasteiger partial charge in [0.05, 0.1) is 24.1 Å². The summed E-state index contributed by atoms with van der Waals surface area (Å²) in [5, 5.41) is 11.7. The molecule has 1 atom stereocenters. The zero-order chi connectivity index (χ0) is 17.0. The van der Waals surface area contributed by atoms with Gasteiger partial charge >= 0.3 is 5.97 Å².